The third-order valence-corrected chi connectivity index (χ3v) is 3.24. The molecule has 1 N–H and O–H groups in total. The van der Waals surface area contributed by atoms with Crippen molar-refractivity contribution in [3.8, 4) is 0 Å². The Balaban J connectivity index is 2.04. The molecule has 1 aromatic rings. The molecule has 0 aliphatic carbocycles. The van der Waals surface area contributed by atoms with Gasteiger partial charge in [0.05, 0.1) is 6.20 Å². The first kappa shape index (κ1) is 9.80. The minimum absolute atomic E-state index is 0.148. The summed E-state index contributed by atoms with van der Waals surface area (Å²) >= 11 is 1.34. The van der Waals surface area contributed by atoms with Crippen molar-refractivity contribution in [2.45, 2.75) is 13.3 Å². The summed E-state index contributed by atoms with van der Waals surface area (Å²) in [6.07, 6.45) is 2.67. The Morgan fingerprint density at radius 2 is 2.50 bits per heavy atom. The molecule has 0 radical (unpaired) electrons. The lowest BCUT2D eigenvalue weighted by atomic mass is 9.87. The van der Waals surface area contributed by atoms with Crippen molar-refractivity contribution in [3.63, 3.8) is 0 Å². The van der Waals surface area contributed by atoms with Gasteiger partial charge in [-0.25, -0.2) is 4.37 Å². The molecule has 1 saturated heterocycles. The Hall–Kier alpha value is -0.740. The van der Waals surface area contributed by atoms with Crippen LogP contribution in [0.15, 0.2) is 11.6 Å². The summed E-state index contributed by atoms with van der Waals surface area (Å²) in [4.78, 5) is 11.9. The summed E-state index contributed by atoms with van der Waals surface area (Å²) in [6, 6.07) is 0. The normalized spacial score (nSPS) is 27.5. The minimum Gasteiger partial charge on any atom is -0.316 e. The van der Waals surface area contributed by atoms with Gasteiger partial charge in [0.25, 0.3) is 0 Å². The molecule has 14 heavy (non-hydrogen) atoms. The van der Waals surface area contributed by atoms with Gasteiger partial charge >= 0.3 is 0 Å². The second kappa shape index (κ2) is 4.19. The first-order chi connectivity index (χ1) is 6.77. The van der Waals surface area contributed by atoms with Crippen molar-refractivity contribution in [2.75, 3.05) is 13.1 Å². The number of Topliss-reactive ketones (excluding diaryl/α,β-unsaturated/α-hetero) is 1. The van der Waals surface area contributed by atoms with Crippen LogP contribution in [-0.2, 0) is 0 Å². The molecule has 4 heteroatoms. The number of hydrogen-bond acceptors (Lipinski definition) is 4. The molecule has 0 saturated carbocycles. The quantitative estimate of drug-likeness (QED) is 0.753. The van der Waals surface area contributed by atoms with Crippen molar-refractivity contribution in [3.05, 3.63) is 17.1 Å². The van der Waals surface area contributed by atoms with Crippen molar-refractivity contribution in [2.24, 2.45) is 11.8 Å². The second-order valence-electron chi connectivity index (χ2n) is 3.97. The molecule has 76 valence electrons. The zero-order valence-corrected chi connectivity index (χ0v) is 9.01. The van der Waals surface area contributed by atoms with Crippen LogP contribution < -0.4 is 5.32 Å². The van der Waals surface area contributed by atoms with E-state index in [1.54, 1.807) is 6.20 Å². The number of aromatic nitrogens is 1. The van der Waals surface area contributed by atoms with E-state index in [0.717, 1.165) is 25.1 Å². The SMILES string of the molecule is CC1CNCC(C(=O)c2cnsc2)C1. The maximum absolute atomic E-state index is 11.9. The number of nitrogens with zero attached hydrogens (tertiary/aromatic N) is 1. The van der Waals surface area contributed by atoms with Gasteiger partial charge in [-0.15, -0.1) is 0 Å². The van der Waals surface area contributed by atoms with E-state index in [0.29, 0.717) is 5.92 Å². The highest BCUT2D eigenvalue weighted by atomic mass is 32.1. The van der Waals surface area contributed by atoms with E-state index in [4.69, 9.17) is 0 Å². The minimum atomic E-state index is 0.148. The van der Waals surface area contributed by atoms with Gasteiger partial charge in [0.1, 0.15) is 0 Å². The fourth-order valence-electron chi connectivity index (χ4n) is 1.92. The first-order valence-electron chi connectivity index (χ1n) is 4.91. The number of piperidine rings is 1. The molecule has 0 amide bonds. The van der Waals surface area contributed by atoms with Gasteiger partial charge in [0.15, 0.2) is 5.78 Å². The molecule has 1 aromatic heterocycles. The Labute approximate surface area is 87.7 Å². The largest absolute Gasteiger partial charge is 0.316 e. The average molecular weight is 210 g/mol. The summed E-state index contributed by atoms with van der Waals surface area (Å²) in [5.41, 5.74) is 0.774. The molecule has 0 spiro atoms. The molecule has 2 rings (SSSR count). The first-order valence-corrected chi connectivity index (χ1v) is 5.75. The van der Waals surface area contributed by atoms with Crippen molar-refractivity contribution in [1.29, 1.82) is 0 Å². The van der Waals surface area contributed by atoms with E-state index in [-0.39, 0.29) is 11.7 Å². The van der Waals surface area contributed by atoms with E-state index in [9.17, 15) is 4.79 Å². The molecule has 0 bridgehead atoms. The maximum atomic E-state index is 11.9. The maximum Gasteiger partial charge on any atom is 0.169 e. The van der Waals surface area contributed by atoms with E-state index in [1.165, 1.54) is 11.5 Å². The van der Waals surface area contributed by atoms with Crippen LogP contribution in [0.25, 0.3) is 0 Å². The fraction of sp³-hybridized carbons (Fsp3) is 0.600. The molecule has 2 heterocycles. The molecule has 1 aliphatic rings. The molecule has 1 aliphatic heterocycles. The van der Waals surface area contributed by atoms with Crippen LogP contribution in [0.1, 0.15) is 23.7 Å². The van der Waals surface area contributed by atoms with E-state index in [2.05, 4.69) is 16.6 Å². The van der Waals surface area contributed by atoms with Crippen LogP contribution in [0.4, 0.5) is 0 Å². The van der Waals surface area contributed by atoms with Crippen molar-refractivity contribution < 1.29 is 4.79 Å². The number of ketones is 1. The van der Waals surface area contributed by atoms with Gasteiger partial charge in [0.2, 0.25) is 0 Å². The molecular formula is C10H14N2OS. The zero-order chi connectivity index (χ0) is 9.97. The lowest BCUT2D eigenvalue weighted by molar-refractivity contribution is 0.0882. The van der Waals surface area contributed by atoms with Gasteiger partial charge < -0.3 is 5.32 Å². The second-order valence-corrected chi connectivity index (χ2v) is 4.63. The number of hydrogen-bond donors (Lipinski definition) is 1. The van der Waals surface area contributed by atoms with Gasteiger partial charge in [-0.1, -0.05) is 6.92 Å². The van der Waals surface area contributed by atoms with Crippen LogP contribution in [-0.4, -0.2) is 23.2 Å². The Bertz CT molecular complexity index is 310. The van der Waals surface area contributed by atoms with Crippen LogP contribution >= 0.6 is 11.5 Å². The highest BCUT2D eigenvalue weighted by Crippen LogP contribution is 2.20. The number of nitrogens with one attached hydrogen (secondary N) is 1. The highest BCUT2D eigenvalue weighted by Gasteiger charge is 2.25. The summed E-state index contributed by atoms with van der Waals surface area (Å²) in [5, 5.41) is 5.12. The van der Waals surface area contributed by atoms with Crippen LogP contribution in [0.5, 0.6) is 0 Å². The standard InChI is InChI=1S/C10H14N2OS/c1-7-2-8(4-11-3-7)10(13)9-5-12-14-6-9/h5-8,11H,2-4H2,1H3. The van der Waals surface area contributed by atoms with Crippen molar-refractivity contribution >= 4 is 17.3 Å². The Morgan fingerprint density at radius 1 is 1.64 bits per heavy atom. The smallest absolute Gasteiger partial charge is 0.169 e. The fourth-order valence-corrected chi connectivity index (χ4v) is 2.44. The predicted molar refractivity (Wildman–Crippen MR) is 56.6 cm³/mol. The Morgan fingerprint density at radius 3 is 3.14 bits per heavy atom. The van der Waals surface area contributed by atoms with Crippen LogP contribution in [0.3, 0.4) is 0 Å². The Kier molecular flexibility index (Phi) is 2.93. The van der Waals surface area contributed by atoms with Gasteiger partial charge in [0, 0.05) is 23.4 Å². The highest BCUT2D eigenvalue weighted by molar-refractivity contribution is 7.03. The molecule has 2 atom stereocenters. The van der Waals surface area contributed by atoms with Gasteiger partial charge in [-0.05, 0) is 30.4 Å². The topological polar surface area (TPSA) is 42.0 Å². The summed E-state index contributed by atoms with van der Waals surface area (Å²) in [6.45, 7) is 4.03. The predicted octanol–water partition coefficient (Wildman–Crippen LogP) is 1.57. The summed E-state index contributed by atoms with van der Waals surface area (Å²) < 4.78 is 3.96. The molecule has 1 fully saturated rings. The molecule has 2 unspecified atom stereocenters. The van der Waals surface area contributed by atoms with E-state index < -0.39 is 0 Å². The third-order valence-electron chi connectivity index (χ3n) is 2.66. The van der Waals surface area contributed by atoms with E-state index >= 15 is 0 Å². The lowest BCUT2D eigenvalue weighted by Crippen LogP contribution is -2.38. The van der Waals surface area contributed by atoms with Gasteiger partial charge in [-0.2, -0.15) is 0 Å². The molecule has 0 aromatic carbocycles. The lowest BCUT2D eigenvalue weighted by Gasteiger charge is -2.26. The van der Waals surface area contributed by atoms with Crippen molar-refractivity contribution in [1.82, 2.24) is 9.69 Å². The third kappa shape index (κ3) is 2.01. The summed E-state index contributed by atoms with van der Waals surface area (Å²) in [5.74, 6) is 0.997. The molecular weight excluding hydrogens is 196 g/mol. The van der Waals surface area contributed by atoms with Crippen LogP contribution in [0.2, 0.25) is 0 Å². The van der Waals surface area contributed by atoms with Crippen LogP contribution in [0, 0.1) is 11.8 Å². The van der Waals surface area contributed by atoms with E-state index in [1.807, 2.05) is 5.38 Å². The average Bonchev–Trinajstić information content (AvgIpc) is 2.69. The summed E-state index contributed by atoms with van der Waals surface area (Å²) in [7, 11) is 0. The van der Waals surface area contributed by atoms with Gasteiger partial charge in [-0.3, -0.25) is 4.79 Å². The number of carbonyl (C=O) groups is 1. The zero-order valence-electron chi connectivity index (χ0n) is 8.19. The number of carbonyl (C=O) groups excluding carboxylic acids is 1. The monoisotopic (exact) mass is 210 g/mol. The molecule has 3 nitrogen and oxygen atoms in total. The number of rotatable bonds is 2.